The Bertz CT molecular complexity index is 42.2. The van der Waals surface area contributed by atoms with Crippen LogP contribution in [0.15, 0.2) is 0 Å². The van der Waals surface area contributed by atoms with Gasteiger partial charge in [-0.05, 0) is 16.2 Å². The van der Waals surface area contributed by atoms with Gasteiger partial charge in [-0.25, -0.2) is 0 Å². The van der Waals surface area contributed by atoms with Crippen molar-refractivity contribution in [1.29, 1.82) is 0 Å². The minimum Gasteiger partial charge on any atom is -0.296 e. The van der Waals surface area contributed by atoms with Crippen molar-refractivity contribution in [2.45, 2.75) is 6.92 Å². The molecule has 0 bridgehead atoms. The van der Waals surface area contributed by atoms with E-state index in [2.05, 4.69) is 0 Å². The third-order valence-electron chi connectivity index (χ3n) is 0.352. The highest BCUT2D eigenvalue weighted by Crippen LogP contribution is 1.77. The fourth-order valence-corrected chi connectivity index (χ4v) is 0. The number of ketones is 1. The van der Waals surface area contributed by atoms with Crippen LogP contribution in [0.25, 0.3) is 0 Å². The molecule has 1 unspecified atom stereocenters. The van der Waals surface area contributed by atoms with Crippen molar-refractivity contribution in [3.63, 3.8) is 0 Å². The van der Waals surface area contributed by atoms with E-state index < -0.39 is 0 Å². The number of carbonyl (C=O) groups is 1. The molecule has 0 fully saturated rings. The molecule has 5 heavy (non-hydrogen) atoms. The van der Waals surface area contributed by atoms with Crippen LogP contribution in [0.3, 0.4) is 0 Å². The van der Waals surface area contributed by atoms with Crippen molar-refractivity contribution >= 4 is 15.0 Å². The number of hydrogen-bond acceptors (Lipinski definition) is 1. The van der Waals surface area contributed by atoms with Crippen molar-refractivity contribution in [1.82, 2.24) is 0 Å². The molecule has 0 aliphatic heterocycles. The van der Waals surface area contributed by atoms with Crippen molar-refractivity contribution in [3.05, 3.63) is 0 Å². The zero-order valence-corrected chi connectivity index (χ0v) is 4.74. The number of hydrogen-bond donors (Lipinski definition) is 0. The summed E-state index contributed by atoms with van der Waals surface area (Å²) in [6.07, 6.45) is 0.694. The van der Waals surface area contributed by atoms with Crippen LogP contribution in [0.5, 0.6) is 0 Å². The minimum atomic E-state index is 0.267. The van der Waals surface area contributed by atoms with Gasteiger partial charge < -0.3 is 0 Å². The van der Waals surface area contributed by atoms with E-state index in [0.29, 0.717) is 6.16 Å². The Labute approximate surface area is 34.0 Å². The predicted molar refractivity (Wildman–Crippen MR) is 26.7 cm³/mol. The van der Waals surface area contributed by atoms with E-state index >= 15 is 0 Å². The van der Waals surface area contributed by atoms with E-state index in [1.807, 2.05) is 0 Å². The number of carbonyl (C=O) groups excluding carboxylic acids is 1. The summed E-state index contributed by atoms with van der Waals surface area (Å²) in [5.41, 5.74) is 0. The Kier molecular flexibility index (Phi) is 2.39. The van der Waals surface area contributed by atoms with Gasteiger partial charge >= 0.3 is 0 Å². The second kappa shape index (κ2) is 2.34. The minimum absolute atomic E-state index is 0.267. The molecule has 0 aromatic carbocycles. The lowest BCUT2D eigenvalue weighted by Crippen LogP contribution is -1.85. The van der Waals surface area contributed by atoms with Gasteiger partial charge in [0.2, 0.25) is 0 Å². The molecule has 0 heterocycles. The molecule has 0 saturated carbocycles. The third-order valence-corrected chi connectivity index (χ3v) is 1.06. The molecule has 30 valence electrons. The first-order valence-electron chi connectivity index (χ1n) is 1.56. The lowest BCUT2D eigenvalue weighted by molar-refractivity contribution is -0.114. The molecule has 0 aromatic rings. The maximum Gasteiger partial charge on any atom is 0.166 e. The first-order chi connectivity index (χ1) is 2.27. The van der Waals surface area contributed by atoms with Crippen LogP contribution in [0.1, 0.15) is 6.92 Å². The second-order valence-corrected chi connectivity index (χ2v) is 1.45. The normalized spacial score (nSPS) is 8.20. The number of rotatable bonds is 1. The quantitative estimate of drug-likeness (QED) is 0.421. The molecular formula is C3H8OP+. The fourth-order valence-electron chi connectivity index (χ4n) is 0. The summed E-state index contributed by atoms with van der Waals surface area (Å²) in [5.74, 6) is 0.267. The molecule has 0 rings (SSSR count). The van der Waals surface area contributed by atoms with E-state index in [9.17, 15) is 4.79 Å². The molecule has 0 aliphatic carbocycles. The molecule has 1 nitrogen and oxygen atoms in total. The average molecular weight is 91.1 g/mol. The van der Waals surface area contributed by atoms with Gasteiger partial charge in [-0.1, -0.05) is 0 Å². The zero-order chi connectivity index (χ0) is 4.28. The predicted octanol–water partition coefficient (Wildman–Crippen LogP) is 0.183. The van der Waals surface area contributed by atoms with Gasteiger partial charge in [-0.2, -0.15) is 0 Å². The standard InChI is InChI=1S/C3H7OP/c1-3(4)2-5/h2,5H2,1H3/p+1. The smallest absolute Gasteiger partial charge is 0.166 e. The molecule has 0 saturated heterocycles. The van der Waals surface area contributed by atoms with Crippen LogP contribution >= 0.6 is 9.24 Å². The van der Waals surface area contributed by atoms with Crippen LogP contribution in [-0.4, -0.2) is 11.9 Å². The van der Waals surface area contributed by atoms with Crippen LogP contribution in [0.2, 0.25) is 0 Å². The second-order valence-electron chi connectivity index (χ2n) is 0.952. The summed E-state index contributed by atoms with van der Waals surface area (Å²) in [5, 5.41) is 0. The lowest BCUT2D eigenvalue weighted by Gasteiger charge is -1.66. The van der Waals surface area contributed by atoms with Crippen LogP contribution < -0.4 is 0 Å². The molecule has 1 atom stereocenters. The maximum atomic E-state index is 9.82. The summed E-state index contributed by atoms with van der Waals surface area (Å²) < 4.78 is 0. The van der Waals surface area contributed by atoms with Gasteiger partial charge in [0.25, 0.3) is 0 Å². The monoisotopic (exact) mass is 91.0 g/mol. The topological polar surface area (TPSA) is 17.1 Å². The largest absolute Gasteiger partial charge is 0.296 e. The molecular weight excluding hydrogens is 83.0 g/mol. The highest BCUT2D eigenvalue weighted by atomic mass is 31.0. The lowest BCUT2D eigenvalue weighted by atomic mass is 10.5. The first kappa shape index (κ1) is 5.10. The summed E-state index contributed by atoms with van der Waals surface area (Å²) in [6.45, 7) is 1.59. The molecule has 0 amide bonds. The van der Waals surface area contributed by atoms with Crippen LogP contribution in [-0.2, 0) is 4.79 Å². The molecule has 0 aliphatic rings. The Morgan fingerprint density at radius 2 is 2.20 bits per heavy atom. The van der Waals surface area contributed by atoms with Crippen molar-refractivity contribution in [2.24, 2.45) is 0 Å². The summed E-state index contributed by atoms with van der Waals surface area (Å²) in [7, 11) is 1.68. The van der Waals surface area contributed by atoms with E-state index in [1.165, 1.54) is 0 Å². The Balaban J connectivity index is 2.85. The Morgan fingerprint density at radius 3 is 2.20 bits per heavy atom. The van der Waals surface area contributed by atoms with Crippen molar-refractivity contribution in [2.75, 3.05) is 6.16 Å². The van der Waals surface area contributed by atoms with Gasteiger partial charge in [-0.15, -0.1) is 0 Å². The van der Waals surface area contributed by atoms with Gasteiger partial charge in [0, 0.05) is 0 Å². The SMILES string of the molecule is CC(=O)C[PH3+]. The Hall–Kier alpha value is 0.100. The van der Waals surface area contributed by atoms with Gasteiger partial charge in [0.1, 0.15) is 6.16 Å². The molecule has 0 N–H and O–H groups in total. The fraction of sp³-hybridized carbons (Fsp3) is 0.667. The number of Topliss-reactive ketones (excluding diaryl/α,β-unsaturated/α-hetero) is 1. The molecule has 0 spiro atoms. The van der Waals surface area contributed by atoms with Crippen molar-refractivity contribution in [3.8, 4) is 0 Å². The molecule has 0 radical (unpaired) electrons. The van der Waals surface area contributed by atoms with E-state index in [-0.39, 0.29) is 5.78 Å². The summed E-state index contributed by atoms with van der Waals surface area (Å²) in [4.78, 5) is 9.82. The maximum absolute atomic E-state index is 9.82. The summed E-state index contributed by atoms with van der Waals surface area (Å²) in [6, 6.07) is 0. The van der Waals surface area contributed by atoms with E-state index in [0.717, 1.165) is 0 Å². The van der Waals surface area contributed by atoms with Gasteiger partial charge in [0.05, 0.1) is 0 Å². The first-order valence-corrected chi connectivity index (χ1v) is 2.56. The third kappa shape index (κ3) is 4.10. The van der Waals surface area contributed by atoms with Crippen LogP contribution in [0, 0.1) is 0 Å². The summed E-state index contributed by atoms with van der Waals surface area (Å²) >= 11 is 0. The molecule has 0 aromatic heterocycles. The van der Waals surface area contributed by atoms with E-state index in [4.69, 9.17) is 0 Å². The van der Waals surface area contributed by atoms with Crippen molar-refractivity contribution < 1.29 is 4.79 Å². The van der Waals surface area contributed by atoms with Gasteiger partial charge in [-0.3, -0.25) is 4.79 Å². The highest BCUT2D eigenvalue weighted by Gasteiger charge is 1.82. The van der Waals surface area contributed by atoms with Gasteiger partial charge in [0.15, 0.2) is 5.78 Å². The highest BCUT2D eigenvalue weighted by molar-refractivity contribution is 7.18. The molecule has 2 heteroatoms. The van der Waals surface area contributed by atoms with Crippen LogP contribution in [0.4, 0.5) is 0 Å². The van der Waals surface area contributed by atoms with E-state index in [1.54, 1.807) is 16.2 Å². The average Bonchev–Trinajstić information content (AvgIpc) is 1.38. The Morgan fingerprint density at radius 1 is 2.00 bits per heavy atom. The zero-order valence-electron chi connectivity index (χ0n) is 3.32.